The van der Waals surface area contributed by atoms with Gasteiger partial charge in [-0.25, -0.2) is 9.97 Å². The summed E-state index contributed by atoms with van der Waals surface area (Å²) >= 11 is 0. The number of hydrogen-bond donors (Lipinski definition) is 3. The Morgan fingerprint density at radius 1 is 1.08 bits per heavy atom. The first-order valence-corrected chi connectivity index (χ1v) is 12.9. The predicted molar refractivity (Wildman–Crippen MR) is 149 cm³/mol. The second kappa shape index (κ2) is 10.9. The zero-order chi connectivity index (χ0) is 26.6. The molecule has 0 fully saturated rings. The Morgan fingerprint density at radius 2 is 1.74 bits per heavy atom. The molecule has 0 saturated carbocycles. The maximum atomic E-state index is 13.5. The van der Waals surface area contributed by atoms with Crippen molar-refractivity contribution in [3.8, 4) is 0 Å². The monoisotopic (exact) mass is 508 g/mol. The summed E-state index contributed by atoms with van der Waals surface area (Å²) in [6, 6.07) is 21.6. The Kier molecular flexibility index (Phi) is 7.22. The van der Waals surface area contributed by atoms with Gasteiger partial charge in [-0.05, 0) is 55.0 Å². The first kappa shape index (κ1) is 25.2. The number of benzene rings is 2. The maximum Gasteiger partial charge on any atom is 0.294 e. The number of carbonyl (C=O) groups is 1. The van der Waals surface area contributed by atoms with Crippen LogP contribution in [0.15, 0.2) is 77.7 Å². The van der Waals surface area contributed by atoms with Crippen LogP contribution in [0.4, 0.5) is 11.6 Å². The molecule has 38 heavy (non-hydrogen) atoms. The van der Waals surface area contributed by atoms with Crippen LogP contribution in [0.5, 0.6) is 0 Å². The first-order valence-electron chi connectivity index (χ1n) is 12.9. The van der Waals surface area contributed by atoms with Crippen molar-refractivity contribution in [1.82, 2.24) is 19.9 Å². The molecule has 1 aliphatic heterocycles. The summed E-state index contributed by atoms with van der Waals surface area (Å²) in [7, 11) is 0. The minimum absolute atomic E-state index is 0.0379. The maximum absolute atomic E-state index is 13.5. The fraction of sp³-hybridized carbons (Fsp3) is 0.267. The molecule has 0 bridgehead atoms. The second-order valence-electron chi connectivity index (χ2n) is 9.73. The van der Waals surface area contributed by atoms with Gasteiger partial charge in [-0.1, -0.05) is 60.7 Å². The van der Waals surface area contributed by atoms with Gasteiger partial charge in [0.1, 0.15) is 11.9 Å². The van der Waals surface area contributed by atoms with Crippen molar-refractivity contribution in [2.24, 2.45) is 0 Å². The average Bonchev–Trinajstić information content (AvgIpc) is 3.36. The van der Waals surface area contributed by atoms with Crippen molar-refractivity contribution < 1.29 is 4.79 Å². The van der Waals surface area contributed by atoms with E-state index in [2.05, 4.69) is 44.9 Å². The molecule has 8 heteroatoms. The van der Waals surface area contributed by atoms with E-state index in [1.54, 1.807) is 16.8 Å². The summed E-state index contributed by atoms with van der Waals surface area (Å²) in [5, 5.41) is 6.28. The van der Waals surface area contributed by atoms with Gasteiger partial charge >= 0.3 is 0 Å². The highest BCUT2D eigenvalue weighted by molar-refractivity contribution is 5.81. The third-order valence-corrected chi connectivity index (χ3v) is 7.25. The van der Waals surface area contributed by atoms with Crippen LogP contribution in [0.2, 0.25) is 0 Å². The van der Waals surface area contributed by atoms with Crippen LogP contribution in [0.3, 0.4) is 0 Å². The number of anilines is 2. The number of aromatic nitrogens is 3. The minimum atomic E-state index is -0.581. The van der Waals surface area contributed by atoms with Crippen LogP contribution in [-0.2, 0) is 17.8 Å². The topological polar surface area (TPSA) is 115 Å². The first-order chi connectivity index (χ1) is 18.4. The van der Waals surface area contributed by atoms with Gasteiger partial charge < -0.3 is 16.4 Å². The van der Waals surface area contributed by atoms with Crippen LogP contribution in [0.1, 0.15) is 52.0 Å². The van der Waals surface area contributed by atoms with E-state index in [0.717, 1.165) is 33.6 Å². The van der Waals surface area contributed by atoms with Crippen molar-refractivity contribution in [2.45, 2.75) is 45.2 Å². The number of rotatable bonds is 8. The molecule has 3 heterocycles. The third-order valence-electron chi connectivity index (χ3n) is 7.25. The fourth-order valence-corrected chi connectivity index (χ4v) is 5.26. The van der Waals surface area contributed by atoms with Gasteiger partial charge in [-0.3, -0.25) is 14.2 Å². The highest BCUT2D eigenvalue weighted by atomic mass is 16.2. The lowest BCUT2D eigenvalue weighted by atomic mass is 9.91. The Morgan fingerprint density at radius 3 is 2.37 bits per heavy atom. The van der Waals surface area contributed by atoms with E-state index in [4.69, 9.17) is 5.73 Å². The van der Waals surface area contributed by atoms with Gasteiger partial charge in [0, 0.05) is 36.6 Å². The van der Waals surface area contributed by atoms with Crippen LogP contribution in [0, 0.1) is 13.8 Å². The molecule has 0 aliphatic carbocycles. The molecule has 0 spiro atoms. The molecule has 2 aromatic carbocycles. The molecule has 5 rings (SSSR count). The second-order valence-corrected chi connectivity index (χ2v) is 9.73. The molecule has 4 N–H and O–H groups in total. The van der Waals surface area contributed by atoms with Crippen LogP contribution in [0.25, 0.3) is 0 Å². The van der Waals surface area contributed by atoms with E-state index in [9.17, 15) is 9.59 Å². The van der Waals surface area contributed by atoms with E-state index in [1.165, 1.54) is 0 Å². The van der Waals surface area contributed by atoms with E-state index in [0.29, 0.717) is 31.7 Å². The lowest BCUT2D eigenvalue weighted by Crippen LogP contribution is -2.37. The Bertz CT molecular complexity index is 1440. The van der Waals surface area contributed by atoms with Crippen molar-refractivity contribution >= 4 is 17.5 Å². The van der Waals surface area contributed by atoms with Gasteiger partial charge in [0.2, 0.25) is 5.91 Å². The SMILES string of the molecule is Cc1cc(N)nc(C)c1CNC(=O)[C@@H]1CCc2cnc(NCC(c3ccccc3)c3ccccc3)c(=O)n21. The van der Waals surface area contributed by atoms with Gasteiger partial charge in [0.15, 0.2) is 5.82 Å². The summed E-state index contributed by atoms with van der Waals surface area (Å²) in [4.78, 5) is 35.5. The lowest BCUT2D eigenvalue weighted by Gasteiger charge is -2.20. The zero-order valence-electron chi connectivity index (χ0n) is 21.6. The zero-order valence-corrected chi connectivity index (χ0v) is 21.6. The van der Waals surface area contributed by atoms with Crippen molar-refractivity contribution in [1.29, 1.82) is 0 Å². The van der Waals surface area contributed by atoms with Crippen LogP contribution >= 0.6 is 0 Å². The lowest BCUT2D eigenvalue weighted by molar-refractivity contribution is -0.124. The van der Waals surface area contributed by atoms with Crippen molar-refractivity contribution in [2.75, 3.05) is 17.6 Å². The van der Waals surface area contributed by atoms with Crippen LogP contribution in [-0.4, -0.2) is 27.0 Å². The molecule has 0 radical (unpaired) electrons. The van der Waals surface area contributed by atoms with Gasteiger partial charge in [-0.2, -0.15) is 0 Å². The molecule has 4 aromatic rings. The highest BCUT2D eigenvalue weighted by Gasteiger charge is 2.31. The molecule has 2 aromatic heterocycles. The Balaban J connectivity index is 1.34. The van der Waals surface area contributed by atoms with E-state index in [1.807, 2.05) is 50.2 Å². The average molecular weight is 509 g/mol. The minimum Gasteiger partial charge on any atom is -0.384 e. The molecule has 194 valence electrons. The summed E-state index contributed by atoms with van der Waals surface area (Å²) in [5.74, 6) is 0.557. The number of nitrogen functional groups attached to an aromatic ring is 1. The molecule has 0 saturated heterocycles. The molecule has 0 unspecified atom stereocenters. The fourth-order valence-electron chi connectivity index (χ4n) is 5.26. The van der Waals surface area contributed by atoms with E-state index < -0.39 is 6.04 Å². The molecular formula is C30H32N6O2. The number of nitrogens with two attached hydrogens (primary N) is 1. The largest absolute Gasteiger partial charge is 0.384 e. The number of pyridine rings is 1. The smallest absolute Gasteiger partial charge is 0.294 e. The summed E-state index contributed by atoms with van der Waals surface area (Å²) < 4.78 is 1.59. The van der Waals surface area contributed by atoms with Gasteiger partial charge in [0.25, 0.3) is 5.56 Å². The van der Waals surface area contributed by atoms with Crippen molar-refractivity contribution in [3.05, 3.63) is 117 Å². The Hall–Kier alpha value is -4.46. The standard InChI is InChI=1S/C30H32N6O2/c1-19-15-27(31)35-20(2)24(19)17-34-29(37)26-14-13-23-16-32-28(30(38)36(23)26)33-18-25(21-9-5-3-6-10-21)22-11-7-4-8-12-22/h3-12,15-16,25-26H,13-14,17-18H2,1-2H3,(H2,31,35)(H,32,33)(H,34,37)/t26-/m0/s1. The van der Waals surface area contributed by atoms with Gasteiger partial charge in [0.05, 0.1) is 0 Å². The molecule has 1 aliphatic rings. The summed E-state index contributed by atoms with van der Waals surface area (Å²) in [5.41, 5.74) is 11.3. The van der Waals surface area contributed by atoms with E-state index >= 15 is 0 Å². The number of carbonyl (C=O) groups excluding carboxylic acids is 1. The van der Waals surface area contributed by atoms with Crippen LogP contribution < -0.4 is 21.9 Å². The number of fused-ring (bicyclic) bond motifs is 1. The molecule has 1 atom stereocenters. The third kappa shape index (κ3) is 5.16. The summed E-state index contributed by atoms with van der Waals surface area (Å²) in [6.07, 6.45) is 2.88. The summed E-state index contributed by atoms with van der Waals surface area (Å²) in [6.45, 7) is 4.65. The number of nitrogens with zero attached hydrogens (tertiary/aromatic N) is 3. The highest BCUT2D eigenvalue weighted by Crippen LogP contribution is 2.27. The Labute approximate surface area is 222 Å². The molecular weight excluding hydrogens is 476 g/mol. The predicted octanol–water partition coefficient (Wildman–Crippen LogP) is 3.89. The normalized spacial score (nSPS) is 14.3. The van der Waals surface area contributed by atoms with Gasteiger partial charge in [-0.15, -0.1) is 0 Å². The van der Waals surface area contributed by atoms with Crippen molar-refractivity contribution in [3.63, 3.8) is 0 Å². The molecule has 1 amide bonds. The number of amides is 1. The number of nitrogens with one attached hydrogen (secondary N) is 2. The van der Waals surface area contributed by atoms with E-state index in [-0.39, 0.29) is 23.2 Å². The number of aryl methyl sites for hydroxylation is 3. The quantitative estimate of drug-likeness (QED) is 0.333. The molecule has 8 nitrogen and oxygen atoms in total. The number of hydrogen-bond acceptors (Lipinski definition) is 6.